The third kappa shape index (κ3) is 4.13. The van der Waals surface area contributed by atoms with Gasteiger partial charge in [-0.05, 0) is 30.3 Å². The molecule has 2 rings (SSSR count). The van der Waals surface area contributed by atoms with Gasteiger partial charge in [-0.15, -0.1) is 0 Å². The molecule has 0 aromatic heterocycles. The number of carbonyl (C=O) groups is 2. The Morgan fingerprint density at radius 2 is 1.86 bits per heavy atom. The molecular weight excluding hydrogens is 329 g/mol. The van der Waals surface area contributed by atoms with Gasteiger partial charge in [0.1, 0.15) is 5.75 Å². The average Bonchev–Trinajstić information content (AvgIpc) is 2.49. The number of hydrogen-bond acceptors (Lipinski definition) is 4. The van der Waals surface area contributed by atoms with Gasteiger partial charge in [-0.25, -0.2) is 4.79 Å². The standard InChI is InChI=1S/C15H11Cl2NO4/c16-11-5-2-6-12(14(11)17)18-13(20)8-22-15(21)9-3-1-4-10(19)7-9/h1-7,19H,8H2,(H,18,20). The maximum absolute atomic E-state index is 11.7. The highest BCUT2D eigenvalue weighted by Gasteiger charge is 2.12. The van der Waals surface area contributed by atoms with Crippen molar-refractivity contribution in [2.45, 2.75) is 0 Å². The summed E-state index contributed by atoms with van der Waals surface area (Å²) in [5.74, 6) is -1.34. The highest BCUT2D eigenvalue weighted by Crippen LogP contribution is 2.29. The molecule has 2 N–H and O–H groups in total. The van der Waals surface area contributed by atoms with Crippen molar-refractivity contribution in [1.29, 1.82) is 0 Å². The zero-order valence-electron chi connectivity index (χ0n) is 11.2. The van der Waals surface area contributed by atoms with Gasteiger partial charge in [0.25, 0.3) is 5.91 Å². The Morgan fingerprint density at radius 3 is 2.59 bits per heavy atom. The van der Waals surface area contributed by atoms with Crippen LogP contribution in [0.4, 0.5) is 5.69 Å². The van der Waals surface area contributed by atoms with Crippen LogP contribution >= 0.6 is 23.2 Å². The first kappa shape index (κ1) is 16.1. The first-order valence-electron chi connectivity index (χ1n) is 6.17. The minimum absolute atomic E-state index is 0.0652. The van der Waals surface area contributed by atoms with Crippen LogP contribution in [0.2, 0.25) is 10.0 Å². The first-order chi connectivity index (χ1) is 10.5. The van der Waals surface area contributed by atoms with Crippen molar-refractivity contribution >= 4 is 40.8 Å². The van der Waals surface area contributed by atoms with Crippen LogP contribution in [-0.4, -0.2) is 23.6 Å². The molecule has 2 aromatic rings. The monoisotopic (exact) mass is 339 g/mol. The molecule has 0 aliphatic rings. The molecule has 0 aliphatic carbocycles. The third-order valence-electron chi connectivity index (χ3n) is 2.64. The second-order valence-electron chi connectivity index (χ2n) is 4.28. The van der Waals surface area contributed by atoms with Gasteiger partial charge >= 0.3 is 5.97 Å². The molecule has 0 saturated carbocycles. The minimum atomic E-state index is -0.719. The number of amides is 1. The number of phenols is 1. The van der Waals surface area contributed by atoms with Crippen molar-refractivity contribution in [3.63, 3.8) is 0 Å². The van der Waals surface area contributed by atoms with E-state index in [-0.39, 0.29) is 16.3 Å². The van der Waals surface area contributed by atoms with Gasteiger partial charge in [0.05, 0.1) is 21.3 Å². The van der Waals surface area contributed by atoms with Crippen LogP contribution in [-0.2, 0) is 9.53 Å². The lowest BCUT2D eigenvalue weighted by molar-refractivity contribution is -0.119. The van der Waals surface area contributed by atoms with Crippen LogP contribution in [0.15, 0.2) is 42.5 Å². The highest BCUT2D eigenvalue weighted by atomic mass is 35.5. The molecule has 7 heteroatoms. The van der Waals surface area contributed by atoms with Crippen molar-refractivity contribution < 1.29 is 19.4 Å². The number of rotatable bonds is 4. The lowest BCUT2D eigenvalue weighted by atomic mass is 10.2. The van der Waals surface area contributed by atoms with E-state index in [0.29, 0.717) is 10.7 Å². The summed E-state index contributed by atoms with van der Waals surface area (Å²) in [5, 5.41) is 12.3. The zero-order valence-corrected chi connectivity index (χ0v) is 12.7. The van der Waals surface area contributed by atoms with E-state index in [4.69, 9.17) is 27.9 Å². The summed E-state index contributed by atoms with van der Waals surface area (Å²) in [7, 11) is 0. The van der Waals surface area contributed by atoms with Crippen molar-refractivity contribution in [2.24, 2.45) is 0 Å². The highest BCUT2D eigenvalue weighted by molar-refractivity contribution is 6.44. The normalized spacial score (nSPS) is 10.1. The first-order valence-corrected chi connectivity index (χ1v) is 6.93. The fourth-order valence-corrected chi connectivity index (χ4v) is 1.98. The molecule has 0 spiro atoms. The average molecular weight is 340 g/mol. The van der Waals surface area contributed by atoms with Crippen molar-refractivity contribution in [3.05, 3.63) is 58.1 Å². The van der Waals surface area contributed by atoms with E-state index < -0.39 is 18.5 Å². The van der Waals surface area contributed by atoms with Crippen molar-refractivity contribution in [3.8, 4) is 5.75 Å². The van der Waals surface area contributed by atoms with Crippen LogP contribution in [0.25, 0.3) is 0 Å². The summed E-state index contributed by atoms with van der Waals surface area (Å²) in [6, 6.07) is 10.4. The van der Waals surface area contributed by atoms with Crippen molar-refractivity contribution in [1.82, 2.24) is 0 Å². The summed E-state index contributed by atoms with van der Waals surface area (Å²) in [6.07, 6.45) is 0. The van der Waals surface area contributed by atoms with E-state index >= 15 is 0 Å². The number of hydrogen-bond donors (Lipinski definition) is 2. The zero-order chi connectivity index (χ0) is 16.1. The lowest BCUT2D eigenvalue weighted by Gasteiger charge is -2.09. The summed E-state index contributed by atoms with van der Waals surface area (Å²) >= 11 is 11.8. The third-order valence-corrected chi connectivity index (χ3v) is 3.46. The van der Waals surface area contributed by atoms with E-state index in [1.54, 1.807) is 18.2 Å². The Balaban J connectivity index is 1.93. The molecule has 0 heterocycles. The van der Waals surface area contributed by atoms with Gasteiger partial charge < -0.3 is 15.2 Å². The molecule has 0 saturated heterocycles. The number of carbonyl (C=O) groups excluding carboxylic acids is 2. The predicted octanol–water partition coefficient (Wildman–Crippen LogP) is 3.49. The molecule has 1 amide bonds. The fraction of sp³-hybridized carbons (Fsp3) is 0.0667. The minimum Gasteiger partial charge on any atom is -0.508 e. The summed E-state index contributed by atoms with van der Waals surface area (Å²) in [5.41, 5.74) is 0.473. The Kier molecular flexibility index (Phi) is 5.25. The molecule has 114 valence electrons. The van der Waals surface area contributed by atoms with Crippen LogP contribution in [0, 0.1) is 0 Å². The van der Waals surface area contributed by atoms with Gasteiger partial charge in [-0.1, -0.05) is 35.3 Å². The Labute approximate surface area is 136 Å². The maximum atomic E-state index is 11.7. The molecule has 0 radical (unpaired) electrons. The Bertz CT molecular complexity index is 718. The van der Waals surface area contributed by atoms with Gasteiger partial charge in [0.15, 0.2) is 6.61 Å². The number of halogens is 2. The number of anilines is 1. The number of phenolic OH excluding ortho intramolecular Hbond substituents is 1. The molecule has 22 heavy (non-hydrogen) atoms. The number of ether oxygens (including phenoxy) is 1. The van der Waals surface area contributed by atoms with E-state index in [9.17, 15) is 14.7 Å². The second-order valence-corrected chi connectivity index (χ2v) is 5.06. The SMILES string of the molecule is O=C(COC(=O)c1cccc(O)c1)Nc1cccc(Cl)c1Cl. The predicted molar refractivity (Wildman–Crippen MR) is 83.5 cm³/mol. The number of esters is 1. The number of aromatic hydroxyl groups is 1. The van der Waals surface area contributed by atoms with Crippen LogP contribution in [0.3, 0.4) is 0 Å². The quantitative estimate of drug-likeness (QED) is 0.836. The van der Waals surface area contributed by atoms with Crippen LogP contribution in [0.1, 0.15) is 10.4 Å². The maximum Gasteiger partial charge on any atom is 0.338 e. The largest absolute Gasteiger partial charge is 0.508 e. The summed E-state index contributed by atoms with van der Waals surface area (Å²) in [4.78, 5) is 23.5. The van der Waals surface area contributed by atoms with E-state index in [2.05, 4.69) is 5.32 Å². The molecular formula is C15H11Cl2NO4. The molecule has 0 fully saturated rings. The van der Waals surface area contributed by atoms with E-state index in [1.165, 1.54) is 24.3 Å². The van der Waals surface area contributed by atoms with Gasteiger partial charge in [0, 0.05) is 0 Å². The van der Waals surface area contributed by atoms with E-state index in [0.717, 1.165) is 0 Å². The van der Waals surface area contributed by atoms with Gasteiger partial charge in [-0.3, -0.25) is 4.79 Å². The molecule has 0 aliphatic heterocycles. The summed E-state index contributed by atoms with van der Waals surface area (Å²) < 4.78 is 4.85. The Morgan fingerprint density at radius 1 is 1.14 bits per heavy atom. The second kappa shape index (κ2) is 7.15. The van der Waals surface area contributed by atoms with Gasteiger partial charge in [0.2, 0.25) is 0 Å². The number of nitrogens with one attached hydrogen (secondary N) is 1. The molecule has 5 nitrogen and oxygen atoms in total. The Hall–Kier alpha value is -2.24. The lowest BCUT2D eigenvalue weighted by Crippen LogP contribution is -2.21. The molecule has 0 bridgehead atoms. The topological polar surface area (TPSA) is 75.6 Å². The van der Waals surface area contributed by atoms with E-state index in [1.807, 2.05) is 0 Å². The molecule has 2 aromatic carbocycles. The summed E-state index contributed by atoms with van der Waals surface area (Å²) in [6.45, 7) is -0.489. The molecule has 0 atom stereocenters. The number of benzene rings is 2. The smallest absolute Gasteiger partial charge is 0.338 e. The van der Waals surface area contributed by atoms with Crippen LogP contribution < -0.4 is 5.32 Å². The van der Waals surface area contributed by atoms with Crippen LogP contribution in [0.5, 0.6) is 5.75 Å². The van der Waals surface area contributed by atoms with Crippen molar-refractivity contribution in [2.75, 3.05) is 11.9 Å². The fourth-order valence-electron chi connectivity index (χ4n) is 1.63. The van der Waals surface area contributed by atoms with Gasteiger partial charge in [-0.2, -0.15) is 0 Å². The molecule has 0 unspecified atom stereocenters.